The summed E-state index contributed by atoms with van der Waals surface area (Å²) in [6.07, 6.45) is 1.00. The van der Waals surface area contributed by atoms with Gasteiger partial charge in [-0.25, -0.2) is 14.4 Å². The number of carbonyl (C=O) groups excluding carboxylic acids is 1. The van der Waals surface area contributed by atoms with Gasteiger partial charge in [-0.15, -0.1) is 0 Å². The lowest BCUT2D eigenvalue weighted by atomic mass is 10.1. The summed E-state index contributed by atoms with van der Waals surface area (Å²) in [5.41, 5.74) is 3.53. The van der Waals surface area contributed by atoms with E-state index in [1.807, 2.05) is 18.2 Å². The summed E-state index contributed by atoms with van der Waals surface area (Å²) < 4.78 is 19.1. The van der Waals surface area contributed by atoms with Gasteiger partial charge in [-0.3, -0.25) is 4.79 Å². The Morgan fingerprint density at radius 2 is 1.97 bits per heavy atom. The minimum atomic E-state index is -0.290. The number of halogens is 1. The number of hydrogen-bond donors (Lipinski definition) is 0. The lowest BCUT2D eigenvalue weighted by Gasteiger charge is -2.35. The molecule has 0 amide bonds. The van der Waals surface area contributed by atoms with Crippen LogP contribution in [-0.2, 0) is 4.74 Å². The highest BCUT2D eigenvalue weighted by atomic mass is 32.2. The molecule has 0 radical (unpaired) electrons. The van der Waals surface area contributed by atoms with Crippen LogP contribution in [0.3, 0.4) is 0 Å². The minimum absolute atomic E-state index is 0.0539. The summed E-state index contributed by atoms with van der Waals surface area (Å²) in [6.45, 7) is 8.31. The monoisotopic (exact) mass is 453 g/mol. The van der Waals surface area contributed by atoms with Crippen molar-refractivity contribution in [2.24, 2.45) is 5.92 Å². The molecular formula is C25H28FN3O2S. The van der Waals surface area contributed by atoms with Crippen LogP contribution in [-0.4, -0.2) is 46.6 Å². The SMILES string of the molecule is CC(C)CCSC(=O)c1ccc2nc(-c3ccc(F)cc3)c(N3CCOC[C@@H]3C)nc2c1. The molecule has 7 heteroatoms. The third-order valence-electron chi connectivity index (χ3n) is 5.57. The first-order chi connectivity index (χ1) is 15.4. The van der Waals surface area contributed by atoms with Gasteiger partial charge in [-0.2, -0.15) is 0 Å². The zero-order chi connectivity index (χ0) is 22.7. The number of benzene rings is 2. The molecule has 32 heavy (non-hydrogen) atoms. The van der Waals surface area contributed by atoms with Crippen LogP contribution in [0.2, 0.25) is 0 Å². The number of ether oxygens (including phenoxy) is 1. The quantitative estimate of drug-likeness (QED) is 0.486. The molecule has 3 aromatic rings. The summed E-state index contributed by atoms with van der Waals surface area (Å²) in [6, 6.07) is 11.9. The molecule has 0 aliphatic carbocycles. The Morgan fingerprint density at radius 3 is 2.69 bits per heavy atom. The van der Waals surface area contributed by atoms with Crippen molar-refractivity contribution in [3.05, 3.63) is 53.8 Å². The van der Waals surface area contributed by atoms with E-state index in [9.17, 15) is 9.18 Å². The Kier molecular flexibility index (Phi) is 7.06. The van der Waals surface area contributed by atoms with Crippen LogP contribution < -0.4 is 4.90 Å². The third-order valence-corrected chi connectivity index (χ3v) is 6.50. The van der Waals surface area contributed by atoms with Crippen LogP contribution in [0, 0.1) is 11.7 Å². The molecule has 5 nitrogen and oxygen atoms in total. The minimum Gasteiger partial charge on any atom is -0.377 e. The maximum Gasteiger partial charge on any atom is 0.219 e. The second-order valence-electron chi connectivity index (χ2n) is 8.54. The van der Waals surface area contributed by atoms with Gasteiger partial charge < -0.3 is 9.64 Å². The van der Waals surface area contributed by atoms with E-state index in [2.05, 4.69) is 25.7 Å². The van der Waals surface area contributed by atoms with Crippen molar-refractivity contribution in [1.29, 1.82) is 0 Å². The predicted molar refractivity (Wildman–Crippen MR) is 129 cm³/mol. The molecule has 1 saturated heterocycles. The Hall–Kier alpha value is -2.51. The molecule has 1 aromatic heterocycles. The molecule has 1 atom stereocenters. The van der Waals surface area contributed by atoms with Crippen molar-refractivity contribution >= 4 is 33.7 Å². The van der Waals surface area contributed by atoms with Gasteiger partial charge >= 0.3 is 0 Å². The van der Waals surface area contributed by atoms with Crippen molar-refractivity contribution in [1.82, 2.24) is 9.97 Å². The van der Waals surface area contributed by atoms with E-state index in [4.69, 9.17) is 14.7 Å². The van der Waals surface area contributed by atoms with Gasteiger partial charge in [0.25, 0.3) is 0 Å². The van der Waals surface area contributed by atoms with Gasteiger partial charge in [-0.1, -0.05) is 25.6 Å². The molecule has 168 valence electrons. The summed E-state index contributed by atoms with van der Waals surface area (Å²) in [7, 11) is 0. The lowest BCUT2D eigenvalue weighted by molar-refractivity contribution is 0.0986. The van der Waals surface area contributed by atoms with Crippen molar-refractivity contribution in [3.63, 3.8) is 0 Å². The number of hydrogen-bond acceptors (Lipinski definition) is 6. The molecule has 1 aliphatic heterocycles. The summed E-state index contributed by atoms with van der Waals surface area (Å²) in [5, 5.41) is 0.0539. The molecule has 1 aliphatic rings. The molecular weight excluding hydrogens is 425 g/mol. The van der Waals surface area contributed by atoms with Crippen molar-refractivity contribution in [2.45, 2.75) is 33.2 Å². The predicted octanol–water partition coefficient (Wildman–Crippen LogP) is 5.58. The summed E-state index contributed by atoms with van der Waals surface area (Å²) in [5.74, 6) is 1.82. The van der Waals surface area contributed by atoms with E-state index in [0.717, 1.165) is 23.6 Å². The molecule has 4 rings (SSSR count). The number of aromatic nitrogens is 2. The van der Waals surface area contributed by atoms with Gasteiger partial charge in [0.05, 0.1) is 30.3 Å². The highest BCUT2D eigenvalue weighted by Gasteiger charge is 2.25. The summed E-state index contributed by atoms with van der Waals surface area (Å²) >= 11 is 1.35. The van der Waals surface area contributed by atoms with Gasteiger partial charge in [-0.05, 0) is 61.7 Å². The van der Waals surface area contributed by atoms with Gasteiger partial charge in [0.2, 0.25) is 5.12 Å². The Balaban J connectivity index is 1.74. The van der Waals surface area contributed by atoms with Gasteiger partial charge in [0.15, 0.2) is 5.82 Å². The molecule has 0 N–H and O–H groups in total. The first-order valence-corrected chi connectivity index (χ1v) is 12.0. The third kappa shape index (κ3) is 5.10. The van der Waals surface area contributed by atoms with E-state index >= 15 is 0 Å². The fourth-order valence-electron chi connectivity index (χ4n) is 3.69. The molecule has 1 fully saturated rings. The van der Waals surface area contributed by atoms with E-state index in [-0.39, 0.29) is 17.0 Å². The zero-order valence-electron chi connectivity index (χ0n) is 18.7. The van der Waals surface area contributed by atoms with Crippen LogP contribution in [0.4, 0.5) is 10.2 Å². The number of fused-ring (bicyclic) bond motifs is 1. The molecule has 2 heterocycles. The summed E-state index contributed by atoms with van der Waals surface area (Å²) in [4.78, 5) is 24.7. The van der Waals surface area contributed by atoms with Crippen LogP contribution in [0.5, 0.6) is 0 Å². The van der Waals surface area contributed by atoms with E-state index in [0.29, 0.717) is 48.0 Å². The maximum atomic E-state index is 13.5. The Bertz CT molecular complexity index is 1100. The highest BCUT2D eigenvalue weighted by Crippen LogP contribution is 2.32. The normalized spacial score (nSPS) is 16.7. The average Bonchev–Trinajstić information content (AvgIpc) is 2.78. The first-order valence-electron chi connectivity index (χ1n) is 11.0. The van der Waals surface area contributed by atoms with Crippen molar-refractivity contribution < 1.29 is 13.9 Å². The zero-order valence-corrected chi connectivity index (χ0v) is 19.5. The van der Waals surface area contributed by atoms with E-state index in [1.54, 1.807) is 12.1 Å². The van der Waals surface area contributed by atoms with Crippen LogP contribution in [0.1, 0.15) is 37.6 Å². The van der Waals surface area contributed by atoms with Crippen LogP contribution in [0.25, 0.3) is 22.3 Å². The largest absolute Gasteiger partial charge is 0.377 e. The average molecular weight is 454 g/mol. The molecule has 0 spiro atoms. The molecule has 0 bridgehead atoms. The smallest absolute Gasteiger partial charge is 0.219 e. The number of rotatable bonds is 6. The maximum absolute atomic E-state index is 13.5. The fourth-order valence-corrected chi connectivity index (χ4v) is 4.75. The highest BCUT2D eigenvalue weighted by molar-refractivity contribution is 8.14. The number of carbonyl (C=O) groups is 1. The van der Waals surface area contributed by atoms with E-state index in [1.165, 1.54) is 23.9 Å². The second-order valence-corrected chi connectivity index (χ2v) is 9.61. The molecule has 0 saturated carbocycles. The molecule has 2 aromatic carbocycles. The second kappa shape index (κ2) is 9.96. The van der Waals surface area contributed by atoms with Crippen LogP contribution >= 0.6 is 11.8 Å². The standard InChI is InChI=1S/C25H28FN3O2S/c1-16(2)10-13-32-25(30)19-6-9-21-22(14-19)28-24(29-11-12-31-15-17(29)3)23(27-21)18-4-7-20(26)8-5-18/h4-9,14,16-17H,10-13,15H2,1-3H3/t17-/m0/s1. The number of thioether (sulfide) groups is 1. The van der Waals surface area contributed by atoms with Gasteiger partial charge in [0.1, 0.15) is 11.5 Å². The van der Waals surface area contributed by atoms with Crippen LogP contribution in [0.15, 0.2) is 42.5 Å². The fraction of sp³-hybridized carbons (Fsp3) is 0.400. The number of anilines is 1. The Labute approximate surface area is 192 Å². The first kappa shape index (κ1) is 22.7. The lowest BCUT2D eigenvalue weighted by Crippen LogP contribution is -2.44. The van der Waals surface area contributed by atoms with Crippen molar-refractivity contribution in [2.75, 3.05) is 30.4 Å². The number of morpholine rings is 1. The van der Waals surface area contributed by atoms with Gasteiger partial charge in [0, 0.05) is 23.4 Å². The Morgan fingerprint density at radius 1 is 1.19 bits per heavy atom. The topological polar surface area (TPSA) is 55.3 Å². The molecule has 0 unspecified atom stereocenters. The van der Waals surface area contributed by atoms with Crippen molar-refractivity contribution in [3.8, 4) is 11.3 Å². The number of nitrogens with zero attached hydrogens (tertiary/aromatic N) is 3. The van der Waals surface area contributed by atoms with E-state index < -0.39 is 0 Å².